The summed E-state index contributed by atoms with van der Waals surface area (Å²) in [6.07, 6.45) is 0. The van der Waals surface area contributed by atoms with Gasteiger partial charge in [0.1, 0.15) is 11.5 Å². The predicted octanol–water partition coefficient (Wildman–Crippen LogP) is -0.624. The molecular formula is C9H10NO4-. The molecule has 0 aliphatic rings. The Labute approximate surface area is 80.7 Å². The first-order chi connectivity index (χ1) is 6.50. The van der Waals surface area contributed by atoms with E-state index >= 15 is 0 Å². The van der Waals surface area contributed by atoms with Gasteiger partial charge in [-0.2, -0.15) is 0 Å². The second-order valence-electron chi connectivity index (χ2n) is 2.88. The van der Waals surface area contributed by atoms with Crippen molar-refractivity contribution in [1.29, 1.82) is 0 Å². The Morgan fingerprint density at radius 2 is 2.14 bits per heavy atom. The van der Waals surface area contributed by atoms with E-state index in [1.54, 1.807) is 19.9 Å². The first-order valence-electron chi connectivity index (χ1n) is 4.06. The highest BCUT2D eigenvalue weighted by Crippen LogP contribution is 2.12. The van der Waals surface area contributed by atoms with Crippen molar-refractivity contribution in [1.82, 2.24) is 5.32 Å². The third-order valence-corrected chi connectivity index (χ3v) is 1.68. The minimum Gasteiger partial charge on any atom is -0.548 e. The first-order valence-corrected chi connectivity index (χ1v) is 4.06. The second-order valence-corrected chi connectivity index (χ2v) is 2.88. The van der Waals surface area contributed by atoms with E-state index in [-0.39, 0.29) is 0 Å². The van der Waals surface area contributed by atoms with Gasteiger partial charge < -0.3 is 19.6 Å². The van der Waals surface area contributed by atoms with Gasteiger partial charge in [-0.15, -0.1) is 0 Å². The minimum atomic E-state index is -1.32. The van der Waals surface area contributed by atoms with Crippen LogP contribution >= 0.6 is 0 Å². The van der Waals surface area contributed by atoms with Crippen molar-refractivity contribution in [3.63, 3.8) is 0 Å². The smallest absolute Gasteiger partial charge is 0.255 e. The molecule has 0 aromatic carbocycles. The zero-order valence-corrected chi connectivity index (χ0v) is 7.92. The second kappa shape index (κ2) is 3.95. The molecule has 1 N–H and O–H groups in total. The summed E-state index contributed by atoms with van der Waals surface area (Å²) in [5.74, 6) is -0.709. The largest absolute Gasteiger partial charge is 0.548 e. The van der Waals surface area contributed by atoms with Crippen molar-refractivity contribution in [2.45, 2.75) is 13.8 Å². The lowest BCUT2D eigenvalue weighted by Gasteiger charge is -2.03. The van der Waals surface area contributed by atoms with Crippen molar-refractivity contribution >= 4 is 11.9 Å². The average Bonchev–Trinajstić information content (AvgIpc) is 2.41. The molecule has 1 aromatic rings. The molecule has 0 unspecified atom stereocenters. The number of furan rings is 1. The quantitative estimate of drug-likeness (QED) is 0.698. The van der Waals surface area contributed by atoms with Crippen molar-refractivity contribution in [2.24, 2.45) is 0 Å². The van der Waals surface area contributed by atoms with Crippen LogP contribution in [0.4, 0.5) is 0 Å². The van der Waals surface area contributed by atoms with Crippen LogP contribution in [0.2, 0.25) is 0 Å². The molecule has 0 radical (unpaired) electrons. The number of nitrogens with one attached hydrogen (secondary N) is 1. The van der Waals surface area contributed by atoms with Gasteiger partial charge in [0, 0.05) is 0 Å². The normalized spacial score (nSPS) is 9.86. The molecule has 0 saturated heterocycles. The lowest BCUT2D eigenvalue weighted by atomic mass is 10.2. The summed E-state index contributed by atoms with van der Waals surface area (Å²) in [6, 6.07) is 1.56. The monoisotopic (exact) mass is 196 g/mol. The van der Waals surface area contributed by atoms with E-state index in [2.05, 4.69) is 5.32 Å². The lowest BCUT2D eigenvalue weighted by molar-refractivity contribution is -0.303. The van der Waals surface area contributed by atoms with E-state index in [9.17, 15) is 14.7 Å². The third kappa shape index (κ3) is 2.35. The van der Waals surface area contributed by atoms with Crippen LogP contribution in [0, 0.1) is 13.8 Å². The fourth-order valence-electron chi connectivity index (χ4n) is 1.10. The standard InChI is InChI=1S/C9H11NO4/c1-5-3-7(6(2)14-5)9(13)10-4-8(11)12/h3H,4H2,1-2H3,(H,10,13)(H,11,12)/p-1. The van der Waals surface area contributed by atoms with Crippen molar-refractivity contribution < 1.29 is 19.1 Å². The molecule has 0 saturated carbocycles. The lowest BCUT2D eigenvalue weighted by Crippen LogP contribution is -2.37. The molecule has 0 spiro atoms. The number of amides is 1. The molecule has 0 aliphatic carbocycles. The molecule has 0 atom stereocenters. The predicted molar refractivity (Wildman–Crippen MR) is 45.5 cm³/mol. The third-order valence-electron chi connectivity index (χ3n) is 1.68. The van der Waals surface area contributed by atoms with Gasteiger partial charge in [0.05, 0.1) is 18.1 Å². The van der Waals surface area contributed by atoms with Gasteiger partial charge in [0.25, 0.3) is 5.91 Å². The number of aliphatic carboxylic acids is 1. The van der Waals surface area contributed by atoms with Gasteiger partial charge in [-0.25, -0.2) is 0 Å². The van der Waals surface area contributed by atoms with Crippen LogP contribution in [0.15, 0.2) is 10.5 Å². The molecule has 0 bridgehead atoms. The first kappa shape index (κ1) is 10.3. The van der Waals surface area contributed by atoms with Crippen LogP contribution in [0.5, 0.6) is 0 Å². The van der Waals surface area contributed by atoms with E-state index < -0.39 is 18.4 Å². The number of carboxylic acid groups (broad SMARTS) is 1. The van der Waals surface area contributed by atoms with Crippen LogP contribution in [-0.2, 0) is 4.79 Å². The number of hydrogen-bond donors (Lipinski definition) is 1. The summed E-state index contributed by atoms with van der Waals surface area (Å²) in [4.78, 5) is 21.4. The fraction of sp³-hybridized carbons (Fsp3) is 0.333. The summed E-state index contributed by atoms with van der Waals surface area (Å²) in [5, 5.41) is 12.3. The van der Waals surface area contributed by atoms with Gasteiger partial charge >= 0.3 is 0 Å². The molecule has 0 fully saturated rings. The molecule has 1 aromatic heterocycles. The van der Waals surface area contributed by atoms with E-state index in [0.29, 0.717) is 17.1 Å². The van der Waals surface area contributed by atoms with Crippen molar-refractivity contribution in [3.8, 4) is 0 Å². The molecular weight excluding hydrogens is 186 g/mol. The number of rotatable bonds is 3. The molecule has 76 valence electrons. The Morgan fingerprint density at radius 3 is 2.57 bits per heavy atom. The van der Waals surface area contributed by atoms with Crippen LogP contribution in [0.25, 0.3) is 0 Å². The summed E-state index contributed by atoms with van der Waals surface area (Å²) in [6.45, 7) is 2.85. The SMILES string of the molecule is Cc1cc(C(=O)NCC(=O)[O-])c(C)o1. The maximum Gasteiger partial charge on any atom is 0.255 e. The van der Waals surface area contributed by atoms with Crippen LogP contribution in [0.1, 0.15) is 21.9 Å². The van der Waals surface area contributed by atoms with E-state index in [1.807, 2.05) is 0 Å². The van der Waals surface area contributed by atoms with E-state index in [4.69, 9.17) is 4.42 Å². The van der Waals surface area contributed by atoms with E-state index in [1.165, 1.54) is 0 Å². The van der Waals surface area contributed by atoms with Gasteiger partial charge in [-0.05, 0) is 19.9 Å². The van der Waals surface area contributed by atoms with Gasteiger partial charge in [-0.1, -0.05) is 0 Å². The van der Waals surface area contributed by atoms with Crippen LogP contribution in [-0.4, -0.2) is 18.4 Å². The van der Waals surface area contributed by atoms with Crippen molar-refractivity contribution in [3.05, 3.63) is 23.2 Å². The van der Waals surface area contributed by atoms with Crippen LogP contribution in [0.3, 0.4) is 0 Å². The highest BCUT2D eigenvalue weighted by atomic mass is 16.4. The van der Waals surface area contributed by atoms with Crippen molar-refractivity contribution in [2.75, 3.05) is 6.54 Å². The minimum absolute atomic E-state index is 0.351. The van der Waals surface area contributed by atoms with Gasteiger partial charge in [0.2, 0.25) is 0 Å². The molecule has 14 heavy (non-hydrogen) atoms. The maximum atomic E-state index is 11.3. The summed E-state index contributed by atoms with van der Waals surface area (Å²) >= 11 is 0. The number of carbonyl (C=O) groups excluding carboxylic acids is 2. The average molecular weight is 196 g/mol. The summed E-state index contributed by atoms with van der Waals surface area (Å²) < 4.78 is 5.12. The molecule has 0 aliphatic heterocycles. The molecule has 1 rings (SSSR count). The Morgan fingerprint density at radius 1 is 1.50 bits per heavy atom. The summed E-state index contributed by atoms with van der Waals surface area (Å²) in [7, 11) is 0. The Balaban J connectivity index is 2.69. The highest BCUT2D eigenvalue weighted by Gasteiger charge is 2.12. The van der Waals surface area contributed by atoms with Gasteiger partial charge in [0.15, 0.2) is 0 Å². The number of carboxylic acids is 1. The molecule has 1 heterocycles. The van der Waals surface area contributed by atoms with Gasteiger partial charge in [-0.3, -0.25) is 4.79 Å². The Bertz CT molecular complexity index is 367. The molecule has 5 nitrogen and oxygen atoms in total. The Kier molecular flexibility index (Phi) is 2.91. The molecule has 5 heteroatoms. The molecule has 1 amide bonds. The highest BCUT2D eigenvalue weighted by molar-refractivity contribution is 5.96. The summed E-state index contributed by atoms with van der Waals surface area (Å²) in [5.41, 5.74) is 0.351. The number of carbonyl (C=O) groups is 2. The van der Waals surface area contributed by atoms with E-state index in [0.717, 1.165) is 0 Å². The van der Waals surface area contributed by atoms with Crippen LogP contribution < -0.4 is 10.4 Å². The zero-order valence-electron chi connectivity index (χ0n) is 7.92. The zero-order chi connectivity index (χ0) is 10.7. The fourth-order valence-corrected chi connectivity index (χ4v) is 1.10. The Hall–Kier alpha value is -1.78. The topological polar surface area (TPSA) is 82.4 Å². The number of hydrogen-bond acceptors (Lipinski definition) is 4. The number of aryl methyl sites for hydroxylation is 2. The maximum absolute atomic E-state index is 11.3.